The van der Waals surface area contributed by atoms with Gasteiger partial charge in [0.05, 0.1) is 27.7 Å². The molecule has 0 aliphatic carbocycles. The Morgan fingerprint density at radius 1 is 0.508 bits per heavy atom. The van der Waals surface area contributed by atoms with E-state index in [2.05, 4.69) is 123 Å². The van der Waals surface area contributed by atoms with Crippen LogP contribution < -0.4 is 0 Å². The number of esters is 2. The molecule has 9 nitrogen and oxygen atoms in total. The van der Waals surface area contributed by atoms with Crippen molar-refractivity contribution in [1.82, 2.24) is 0 Å². The van der Waals surface area contributed by atoms with E-state index in [1.807, 2.05) is 21.1 Å². The van der Waals surface area contributed by atoms with Gasteiger partial charge in [-0.2, -0.15) is 0 Å². The van der Waals surface area contributed by atoms with Crippen LogP contribution in [0.1, 0.15) is 162 Å². The van der Waals surface area contributed by atoms with E-state index >= 15 is 0 Å². The maximum atomic E-state index is 12.7. The number of ether oxygens (including phenoxy) is 2. The largest absolute Gasteiger partial charge is 0.472 e. The molecule has 0 spiro atoms. The van der Waals surface area contributed by atoms with E-state index in [1.165, 1.54) is 12.8 Å². The molecular formula is C53H89NO8P+. The Bertz CT molecular complexity index is 1430. The van der Waals surface area contributed by atoms with Gasteiger partial charge in [-0.1, -0.05) is 162 Å². The van der Waals surface area contributed by atoms with Gasteiger partial charge >= 0.3 is 19.8 Å². The quantitative estimate of drug-likeness (QED) is 0.0212. The van der Waals surface area contributed by atoms with E-state index in [-0.39, 0.29) is 26.1 Å². The number of phosphoric ester groups is 1. The Labute approximate surface area is 385 Å². The number of carbonyl (C=O) groups excluding carboxylic acids is 2. The fourth-order valence-corrected chi connectivity index (χ4v) is 6.51. The maximum Gasteiger partial charge on any atom is 0.472 e. The Morgan fingerprint density at radius 3 is 1.37 bits per heavy atom. The van der Waals surface area contributed by atoms with Gasteiger partial charge in [-0.3, -0.25) is 18.6 Å². The molecule has 0 saturated carbocycles. The van der Waals surface area contributed by atoms with Crippen molar-refractivity contribution >= 4 is 19.8 Å². The zero-order chi connectivity index (χ0) is 46.4. The summed E-state index contributed by atoms with van der Waals surface area (Å²) in [5.74, 6) is -0.865. The number of likely N-dealkylation sites (N-methyl/N-ethyl adjacent to an activating group) is 1. The summed E-state index contributed by atoms with van der Waals surface area (Å²) in [6, 6.07) is 0. The number of hydrogen-bond donors (Lipinski definition) is 1. The normalized spacial score (nSPS) is 14.4. The lowest BCUT2D eigenvalue weighted by Gasteiger charge is -2.24. The number of carbonyl (C=O) groups is 2. The zero-order valence-corrected chi connectivity index (χ0v) is 41.2. The van der Waals surface area contributed by atoms with Crippen LogP contribution in [0, 0.1) is 0 Å². The summed E-state index contributed by atoms with van der Waals surface area (Å²) in [7, 11) is 1.42. The lowest BCUT2D eigenvalue weighted by atomic mass is 10.1. The average molecular weight is 899 g/mol. The highest BCUT2D eigenvalue weighted by Gasteiger charge is 2.27. The van der Waals surface area contributed by atoms with Crippen LogP contribution >= 0.6 is 7.82 Å². The molecule has 0 heterocycles. The molecule has 63 heavy (non-hydrogen) atoms. The lowest BCUT2D eigenvalue weighted by Crippen LogP contribution is -2.37. The number of phosphoric acid groups is 1. The van der Waals surface area contributed by atoms with E-state index in [0.717, 1.165) is 109 Å². The van der Waals surface area contributed by atoms with E-state index in [4.69, 9.17) is 18.5 Å². The first-order chi connectivity index (χ1) is 30.5. The summed E-state index contributed by atoms with van der Waals surface area (Å²) in [4.78, 5) is 35.4. The Morgan fingerprint density at radius 2 is 0.905 bits per heavy atom. The van der Waals surface area contributed by atoms with E-state index in [9.17, 15) is 19.0 Å². The predicted molar refractivity (Wildman–Crippen MR) is 265 cm³/mol. The van der Waals surface area contributed by atoms with Gasteiger partial charge in [0.15, 0.2) is 6.10 Å². The van der Waals surface area contributed by atoms with Crippen LogP contribution in [-0.2, 0) is 32.7 Å². The van der Waals surface area contributed by atoms with Crippen molar-refractivity contribution in [3.8, 4) is 0 Å². The fourth-order valence-electron chi connectivity index (χ4n) is 5.77. The monoisotopic (exact) mass is 899 g/mol. The smallest absolute Gasteiger partial charge is 0.462 e. The Balaban J connectivity index is 4.41. The van der Waals surface area contributed by atoms with Crippen LogP contribution in [0.3, 0.4) is 0 Å². The van der Waals surface area contributed by atoms with Gasteiger partial charge in [0.25, 0.3) is 0 Å². The van der Waals surface area contributed by atoms with Crippen LogP contribution in [-0.4, -0.2) is 74.9 Å². The molecule has 0 radical (unpaired) electrons. The van der Waals surface area contributed by atoms with Crippen molar-refractivity contribution in [1.29, 1.82) is 0 Å². The third kappa shape index (κ3) is 48.0. The summed E-state index contributed by atoms with van der Waals surface area (Å²) in [6.45, 7) is 4.18. The van der Waals surface area contributed by atoms with Gasteiger partial charge < -0.3 is 18.9 Å². The topological polar surface area (TPSA) is 108 Å². The highest BCUT2D eigenvalue weighted by Crippen LogP contribution is 2.43. The molecule has 0 aliphatic heterocycles. The number of nitrogens with zero attached hydrogens (tertiary/aromatic N) is 1. The second kappa shape index (κ2) is 43.9. The number of quaternary nitrogens is 1. The van der Waals surface area contributed by atoms with Crippen LogP contribution in [0.4, 0.5) is 0 Å². The summed E-state index contributed by atoms with van der Waals surface area (Å²) in [5.41, 5.74) is 0. The number of allylic oxidation sites excluding steroid dienone is 18. The highest BCUT2D eigenvalue weighted by molar-refractivity contribution is 7.47. The minimum Gasteiger partial charge on any atom is -0.462 e. The van der Waals surface area contributed by atoms with Gasteiger partial charge in [-0.15, -0.1) is 0 Å². The first-order valence-corrected chi connectivity index (χ1v) is 25.6. The minimum absolute atomic E-state index is 0.0158. The maximum absolute atomic E-state index is 12.7. The van der Waals surface area contributed by atoms with Gasteiger partial charge in [-0.25, -0.2) is 4.57 Å². The third-order valence-electron chi connectivity index (χ3n) is 9.54. The van der Waals surface area contributed by atoms with Crippen LogP contribution in [0.5, 0.6) is 0 Å². The van der Waals surface area contributed by atoms with Crippen LogP contribution in [0.2, 0.25) is 0 Å². The SMILES string of the molecule is CC/C=C\C/C=C\C/C=C\C/C=C\C/C=C\C/C=C\C/C=C\CCCCCC(=O)OC(COC(=O)CCCCCCC/C=C\C/C=C\CCCC)COP(=O)(O)OCC[N+](C)(C)C. The third-order valence-corrected chi connectivity index (χ3v) is 10.5. The summed E-state index contributed by atoms with van der Waals surface area (Å²) >= 11 is 0. The van der Waals surface area contributed by atoms with E-state index in [0.29, 0.717) is 23.9 Å². The molecule has 2 atom stereocenters. The van der Waals surface area contributed by atoms with Crippen molar-refractivity contribution in [2.24, 2.45) is 0 Å². The standard InChI is InChI=1S/C53H88NO8P/c1-6-8-10-12-14-16-18-20-22-23-24-25-26-27-28-29-30-31-32-34-36-38-40-42-44-46-53(56)62-51(50-61-63(57,58)60-48-47-54(3,4)5)49-59-52(55)45-43-41-39-37-35-33-21-19-17-15-13-11-9-7-2/h8,10,13-16,19-22,24-25,27-28,30-31,34,36,51H,6-7,9,11-12,17-18,23,26,29,32-33,35,37-50H2,1-5H3/p+1/b10-8-,15-13-,16-14-,21-19-,22-20-,25-24-,28-27-,31-30-,36-34-. The van der Waals surface area contributed by atoms with Crippen molar-refractivity contribution in [2.75, 3.05) is 47.5 Å². The molecule has 0 aromatic rings. The molecule has 0 amide bonds. The average Bonchev–Trinajstić information content (AvgIpc) is 3.24. The molecule has 0 saturated heterocycles. The van der Waals surface area contributed by atoms with Gasteiger partial charge in [-0.05, 0) is 96.3 Å². The second-order valence-electron chi connectivity index (χ2n) is 16.8. The molecular weight excluding hydrogens is 810 g/mol. The molecule has 0 aromatic carbocycles. The van der Waals surface area contributed by atoms with E-state index < -0.39 is 32.5 Å². The number of hydrogen-bond acceptors (Lipinski definition) is 7. The molecule has 0 rings (SSSR count). The van der Waals surface area contributed by atoms with Gasteiger partial charge in [0.2, 0.25) is 0 Å². The molecule has 2 unspecified atom stereocenters. The molecule has 0 fully saturated rings. The number of rotatable bonds is 42. The zero-order valence-electron chi connectivity index (χ0n) is 40.3. The van der Waals surface area contributed by atoms with Crippen LogP contribution in [0.15, 0.2) is 109 Å². The molecule has 1 N–H and O–H groups in total. The first kappa shape index (κ1) is 59.7. The van der Waals surface area contributed by atoms with Gasteiger partial charge in [0, 0.05) is 12.8 Å². The predicted octanol–water partition coefficient (Wildman–Crippen LogP) is 14.3. The summed E-state index contributed by atoms with van der Waals surface area (Å²) in [5, 5.41) is 0. The molecule has 0 bridgehead atoms. The van der Waals surface area contributed by atoms with Crippen molar-refractivity contribution in [3.05, 3.63) is 109 Å². The summed E-state index contributed by atoms with van der Waals surface area (Å²) in [6.07, 6.45) is 60.0. The first-order valence-electron chi connectivity index (χ1n) is 24.1. The van der Waals surface area contributed by atoms with Gasteiger partial charge in [0.1, 0.15) is 19.8 Å². The van der Waals surface area contributed by atoms with Crippen LogP contribution in [0.25, 0.3) is 0 Å². The van der Waals surface area contributed by atoms with Crippen molar-refractivity contribution in [2.45, 2.75) is 168 Å². The van der Waals surface area contributed by atoms with Crippen molar-refractivity contribution < 1.29 is 42.1 Å². The lowest BCUT2D eigenvalue weighted by molar-refractivity contribution is -0.870. The van der Waals surface area contributed by atoms with Crippen molar-refractivity contribution in [3.63, 3.8) is 0 Å². The molecule has 358 valence electrons. The fraction of sp³-hybridized carbons (Fsp3) is 0.623. The Hall–Kier alpha value is -3.33. The molecule has 0 aliphatic rings. The summed E-state index contributed by atoms with van der Waals surface area (Å²) < 4.78 is 34.3. The highest BCUT2D eigenvalue weighted by atomic mass is 31.2. The minimum atomic E-state index is -4.40. The molecule has 10 heteroatoms. The Kier molecular flexibility index (Phi) is 41.6. The van der Waals surface area contributed by atoms with E-state index in [1.54, 1.807) is 0 Å². The molecule has 0 aromatic heterocycles. The second-order valence-corrected chi connectivity index (χ2v) is 18.2. The number of unbranched alkanes of at least 4 members (excludes halogenated alkanes) is 10.